The lowest BCUT2D eigenvalue weighted by molar-refractivity contribution is 0.341. The molecule has 1 aliphatic carbocycles. The zero-order chi connectivity index (χ0) is 14.8. The van der Waals surface area contributed by atoms with Gasteiger partial charge >= 0.3 is 0 Å². The Balaban J connectivity index is 2.15. The van der Waals surface area contributed by atoms with Gasteiger partial charge in [0.25, 0.3) is 0 Å². The van der Waals surface area contributed by atoms with Crippen molar-refractivity contribution in [3.05, 3.63) is 15.9 Å². The molecular formula is C16H28BrN3. The second-order valence-corrected chi connectivity index (χ2v) is 6.88. The Morgan fingerprint density at radius 3 is 2.55 bits per heavy atom. The summed E-state index contributed by atoms with van der Waals surface area (Å²) in [7, 11) is 0. The molecule has 1 N–H and O–H groups in total. The minimum Gasteiger partial charge on any atom is -0.314 e. The maximum Gasteiger partial charge on any atom is 0.0766 e. The van der Waals surface area contributed by atoms with Gasteiger partial charge in [0.2, 0.25) is 0 Å². The van der Waals surface area contributed by atoms with E-state index < -0.39 is 0 Å². The summed E-state index contributed by atoms with van der Waals surface area (Å²) < 4.78 is 3.44. The second kappa shape index (κ2) is 6.61. The van der Waals surface area contributed by atoms with Crippen molar-refractivity contribution in [3.8, 4) is 0 Å². The Morgan fingerprint density at radius 1 is 1.35 bits per heavy atom. The summed E-state index contributed by atoms with van der Waals surface area (Å²) in [5.74, 6) is 0. The molecule has 1 aliphatic rings. The molecule has 114 valence electrons. The van der Waals surface area contributed by atoms with E-state index in [2.05, 4.69) is 53.6 Å². The molecule has 0 spiro atoms. The average molecular weight is 342 g/mol. The molecule has 0 saturated heterocycles. The van der Waals surface area contributed by atoms with Crippen molar-refractivity contribution in [1.82, 2.24) is 15.1 Å². The molecule has 1 aromatic heterocycles. The molecule has 20 heavy (non-hydrogen) atoms. The molecule has 3 nitrogen and oxygen atoms in total. The number of hydrogen-bond donors (Lipinski definition) is 1. The third-order valence-corrected chi connectivity index (χ3v) is 5.64. The maximum atomic E-state index is 4.73. The molecule has 1 aromatic rings. The summed E-state index contributed by atoms with van der Waals surface area (Å²) >= 11 is 3.78. The van der Waals surface area contributed by atoms with Gasteiger partial charge in [-0.1, -0.05) is 13.8 Å². The topological polar surface area (TPSA) is 29.9 Å². The highest BCUT2D eigenvalue weighted by atomic mass is 79.9. The maximum absolute atomic E-state index is 4.73. The number of nitrogens with zero attached hydrogens (tertiary/aromatic N) is 2. The molecule has 1 heterocycles. The van der Waals surface area contributed by atoms with E-state index in [4.69, 9.17) is 5.10 Å². The van der Waals surface area contributed by atoms with Gasteiger partial charge in [0.15, 0.2) is 0 Å². The summed E-state index contributed by atoms with van der Waals surface area (Å²) in [4.78, 5) is 0. The summed E-state index contributed by atoms with van der Waals surface area (Å²) in [5.41, 5.74) is 3.05. The van der Waals surface area contributed by atoms with E-state index in [9.17, 15) is 0 Å². The van der Waals surface area contributed by atoms with Gasteiger partial charge in [0.05, 0.1) is 15.9 Å². The summed E-state index contributed by atoms with van der Waals surface area (Å²) in [5, 5.41) is 8.42. The molecule has 2 rings (SSSR count). The molecule has 1 unspecified atom stereocenters. The Morgan fingerprint density at radius 2 is 2.05 bits per heavy atom. The predicted octanol–water partition coefficient (Wildman–Crippen LogP) is 3.94. The fraction of sp³-hybridized carbons (Fsp3) is 0.812. The molecular weight excluding hydrogens is 314 g/mol. The number of aromatic nitrogens is 2. The van der Waals surface area contributed by atoms with Crippen LogP contribution >= 0.6 is 15.9 Å². The van der Waals surface area contributed by atoms with E-state index in [0.717, 1.165) is 25.9 Å². The number of aryl methyl sites for hydroxylation is 2. The van der Waals surface area contributed by atoms with Gasteiger partial charge in [-0.3, -0.25) is 4.68 Å². The van der Waals surface area contributed by atoms with Crippen LogP contribution in [-0.2, 0) is 19.4 Å². The fourth-order valence-electron chi connectivity index (χ4n) is 3.02. The van der Waals surface area contributed by atoms with Gasteiger partial charge in [0.1, 0.15) is 0 Å². The van der Waals surface area contributed by atoms with Crippen molar-refractivity contribution in [2.45, 2.75) is 72.4 Å². The van der Waals surface area contributed by atoms with E-state index in [1.807, 2.05) is 0 Å². The van der Waals surface area contributed by atoms with Crippen molar-refractivity contribution < 1.29 is 0 Å². The van der Waals surface area contributed by atoms with Crippen LogP contribution in [0, 0.1) is 5.41 Å². The van der Waals surface area contributed by atoms with Gasteiger partial charge in [-0.2, -0.15) is 5.10 Å². The highest BCUT2D eigenvalue weighted by molar-refractivity contribution is 9.10. The van der Waals surface area contributed by atoms with E-state index in [1.165, 1.54) is 35.1 Å². The predicted molar refractivity (Wildman–Crippen MR) is 88.1 cm³/mol. The molecule has 0 radical (unpaired) electrons. The highest BCUT2D eigenvalue weighted by Crippen LogP contribution is 2.52. The fourth-order valence-corrected chi connectivity index (χ4v) is 3.72. The second-order valence-electron chi connectivity index (χ2n) is 6.09. The smallest absolute Gasteiger partial charge is 0.0766 e. The molecule has 4 heteroatoms. The van der Waals surface area contributed by atoms with Gasteiger partial charge in [-0.15, -0.1) is 0 Å². The van der Waals surface area contributed by atoms with Crippen molar-refractivity contribution in [3.63, 3.8) is 0 Å². The number of nitrogens with one attached hydrogen (secondary N) is 1. The number of halogens is 1. The molecule has 0 bridgehead atoms. The highest BCUT2D eigenvalue weighted by Gasteiger charge is 2.48. The van der Waals surface area contributed by atoms with Crippen molar-refractivity contribution in [2.75, 3.05) is 6.54 Å². The standard InChI is InChI=1S/C16H28BrN3/c1-5-10-18-12(4)16(8-9-16)11-14-15(17)13(6-2)19-20(14)7-3/h12,18H,5-11H2,1-4H3. The van der Waals surface area contributed by atoms with E-state index in [1.54, 1.807) is 0 Å². The van der Waals surface area contributed by atoms with Crippen LogP contribution in [0.1, 0.15) is 58.3 Å². The number of rotatable bonds is 8. The minimum absolute atomic E-state index is 0.454. The summed E-state index contributed by atoms with van der Waals surface area (Å²) in [6.07, 6.45) is 6.03. The lowest BCUT2D eigenvalue weighted by Gasteiger charge is -2.25. The minimum atomic E-state index is 0.454. The van der Waals surface area contributed by atoms with Crippen LogP contribution in [0.25, 0.3) is 0 Å². The Hall–Kier alpha value is -0.350. The first-order valence-corrected chi connectivity index (χ1v) is 8.84. The first-order chi connectivity index (χ1) is 9.57. The third kappa shape index (κ3) is 3.11. The molecule has 1 fully saturated rings. The van der Waals surface area contributed by atoms with Gasteiger partial charge in [-0.05, 0) is 73.8 Å². The summed E-state index contributed by atoms with van der Waals surface area (Å²) in [6, 6.07) is 0.597. The largest absolute Gasteiger partial charge is 0.314 e. The number of hydrogen-bond acceptors (Lipinski definition) is 2. The van der Waals surface area contributed by atoms with E-state index >= 15 is 0 Å². The lowest BCUT2D eigenvalue weighted by Crippen LogP contribution is -2.37. The monoisotopic (exact) mass is 341 g/mol. The van der Waals surface area contributed by atoms with Crippen LogP contribution in [0.3, 0.4) is 0 Å². The SMILES string of the molecule is CCCNC(C)C1(Cc2c(Br)c(CC)nn2CC)CC1. The Kier molecular flexibility index (Phi) is 5.30. The molecule has 0 amide bonds. The van der Waals surface area contributed by atoms with E-state index in [-0.39, 0.29) is 0 Å². The summed E-state index contributed by atoms with van der Waals surface area (Å²) in [6.45, 7) is 11.0. The van der Waals surface area contributed by atoms with Crippen LogP contribution in [0.5, 0.6) is 0 Å². The van der Waals surface area contributed by atoms with Crippen molar-refractivity contribution in [2.24, 2.45) is 5.41 Å². The van der Waals surface area contributed by atoms with E-state index in [0.29, 0.717) is 11.5 Å². The van der Waals surface area contributed by atoms with Crippen molar-refractivity contribution >= 4 is 15.9 Å². The normalized spacial score (nSPS) is 18.2. The zero-order valence-electron chi connectivity index (χ0n) is 13.3. The molecule has 1 saturated carbocycles. The van der Waals surface area contributed by atoms with Gasteiger partial charge < -0.3 is 5.32 Å². The zero-order valence-corrected chi connectivity index (χ0v) is 14.9. The van der Waals surface area contributed by atoms with Crippen LogP contribution < -0.4 is 5.32 Å². The third-order valence-electron chi connectivity index (χ3n) is 4.72. The molecule has 1 atom stereocenters. The van der Waals surface area contributed by atoms with Crippen LogP contribution in [0.2, 0.25) is 0 Å². The quantitative estimate of drug-likeness (QED) is 0.776. The first-order valence-electron chi connectivity index (χ1n) is 8.05. The Bertz CT molecular complexity index is 449. The Labute approximate surface area is 131 Å². The molecule has 0 aliphatic heterocycles. The van der Waals surface area contributed by atoms with Gasteiger partial charge in [0, 0.05) is 12.6 Å². The lowest BCUT2D eigenvalue weighted by atomic mass is 9.91. The average Bonchev–Trinajstić information content (AvgIpc) is 3.18. The van der Waals surface area contributed by atoms with Crippen LogP contribution in [-0.4, -0.2) is 22.4 Å². The first kappa shape index (κ1) is 16.0. The van der Waals surface area contributed by atoms with Crippen LogP contribution in [0.15, 0.2) is 4.47 Å². The van der Waals surface area contributed by atoms with Gasteiger partial charge in [-0.25, -0.2) is 0 Å². The van der Waals surface area contributed by atoms with Crippen LogP contribution in [0.4, 0.5) is 0 Å². The van der Waals surface area contributed by atoms with Crippen molar-refractivity contribution in [1.29, 1.82) is 0 Å². The molecule has 0 aromatic carbocycles.